The first-order valence-electron chi connectivity index (χ1n) is 14.4. The van der Waals surface area contributed by atoms with Gasteiger partial charge in [0.05, 0.1) is 18.5 Å². The van der Waals surface area contributed by atoms with Crippen molar-refractivity contribution in [2.75, 3.05) is 18.1 Å². The summed E-state index contributed by atoms with van der Waals surface area (Å²) in [7, 11) is -4.47. The first kappa shape index (κ1) is 32.5. The molecule has 14 nitrogen and oxygen atoms in total. The number of aliphatic hydroxyl groups is 1. The second-order valence-electron chi connectivity index (χ2n) is 11.0. The molecular formula is C30H27Cl2N7O7S. The number of benzene rings is 2. The fourth-order valence-corrected chi connectivity index (χ4v) is 8.10. The highest BCUT2D eigenvalue weighted by molar-refractivity contribution is 7.89. The van der Waals surface area contributed by atoms with Crippen LogP contribution in [0.25, 0.3) is 11.1 Å². The number of rotatable bonds is 10. The summed E-state index contributed by atoms with van der Waals surface area (Å²) in [5, 5.41) is 21.0. The lowest BCUT2D eigenvalue weighted by Gasteiger charge is -2.25. The number of anilines is 2. The molecule has 47 heavy (non-hydrogen) atoms. The number of sulfonamides is 1. The Hall–Kier alpha value is -4.41. The van der Waals surface area contributed by atoms with Crippen molar-refractivity contribution < 1.29 is 33.0 Å². The van der Waals surface area contributed by atoms with Crippen molar-refractivity contribution in [3.05, 3.63) is 83.0 Å². The van der Waals surface area contributed by atoms with Crippen LogP contribution in [0.15, 0.2) is 72.4 Å². The fraction of sp³-hybridized carbons (Fsp3) is 0.267. The molecular weight excluding hydrogens is 673 g/mol. The Kier molecular flexibility index (Phi) is 9.00. The Morgan fingerprint density at radius 2 is 1.70 bits per heavy atom. The van der Waals surface area contributed by atoms with Gasteiger partial charge < -0.3 is 15.5 Å². The summed E-state index contributed by atoms with van der Waals surface area (Å²) in [6.07, 6.45) is 6.42. The van der Waals surface area contributed by atoms with Crippen molar-refractivity contribution in [2.45, 2.75) is 42.4 Å². The van der Waals surface area contributed by atoms with Gasteiger partial charge in [0.25, 0.3) is 15.9 Å². The highest BCUT2D eigenvalue weighted by Crippen LogP contribution is 2.42. The third-order valence-electron chi connectivity index (χ3n) is 8.02. The maximum atomic E-state index is 14.3. The number of imidazole rings is 1. The summed E-state index contributed by atoms with van der Waals surface area (Å²) in [6.45, 7) is -0.904. The van der Waals surface area contributed by atoms with Gasteiger partial charge in [-0.1, -0.05) is 47.5 Å². The van der Waals surface area contributed by atoms with Crippen LogP contribution in [0, 0.1) is 0 Å². The molecule has 0 radical (unpaired) electrons. The number of carbonyl (C=O) groups excluding carboxylic acids is 2. The molecule has 0 saturated carbocycles. The predicted molar refractivity (Wildman–Crippen MR) is 170 cm³/mol. The van der Waals surface area contributed by atoms with E-state index in [-0.39, 0.29) is 46.1 Å². The number of aliphatic carboxylic acids is 1. The first-order chi connectivity index (χ1) is 22.5. The molecule has 4 aromatic rings. The number of aliphatic hydroxyl groups excluding tert-OH is 1. The highest BCUT2D eigenvalue weighted by atomic mass is 35.5. The summed E-state index contributed by atoms with van der Waals surface area (Å²) in [5.74, 6) is -2.79. The molecule has 244 valence electrons. The largest absolute Gasteiger partial charge is 0.480 e. The molecule has 1 fully saturated rings. The molecule has 3 N–H and O–H groups in total. The molecule has 0 aliphatic carbocycles. The monoisotopic (exact) mass is 699 g/mol. The number of nitrogens with zero attached hydrogens (tertiary/aromatic N) is 6. The van der Waals surface area contributed by atoms with E-state index in [1.807, 2.05) is 24.3 Å². The van der Waals surface area contributed by atoms with Crippen molar-refractivity contribution >= 4 is 62.6 Å². The number of carboxylic acids is 1. The van der Waals surface area contributed by atoms with E-state index in [0.29, 0.717) is 6.42 Å². The minimum Gasteiger partial charge on any atom is -0.480 e. The van der Waals surface area contributed by atoms with Crippen LogP contribution in [0.5, 0.6) is 0 Å². The van der Waals surface area contributed by atoms with Gasteiger partial charge in [-0.3, -0.25) is 14.2 Å². The van der Waals surface area contributed by atoms with Gasteiger partial charge in [-0.15, -0.1) is 0 Å². The lowest BCUT2D eigenvalue weighted by molar-refractivity contribution is -0.143. The summed E-state index contributed by atoms with van der Waals surface area (Å²) in [5.41, 5.74) is 2.65. The summed E-state index contributed by atoms with van der Waals surface area (Å²) in [4.78, 5) is 52.3. The third-order valence-corrected chi connectivity index (χ3v) is 10.3. The molecule has 2 aliphatic heterocycles. The van der Waals surface area contributed by atoms with Gasteiger partial charge in [-0.05, 0) is 42.2 Å². The average Bonchev–Trinajstić information content (AvgIpc) is 3.77. The fourth-order valence-electron chi connectivity index (χ4n) is 5.80. The lowest BCUT2D eigenvalue weighted by atomic mass is 10.0. The van der Waals surface area contributed by atoms with E-state index >= 15 is 0 Å². The third kappa shape index (κ3) is 6.19. The number of aromatic nitrogens is 4. The summed E-state index contributed by atoms with van der Waals surface area (Å²) in [6, 6.07) is 7.94. The molecule has 1 saturated heterocycles. The molecule has 4 heterocycles. The van der Waals surface area contributed by atoms with E-state index in [2.05, 4.69) is 20.3 Å². The molecule has 1 unspecified atom stereocenters. The van der Waals surface area contributed by atoms with Gasteiger partial charge in [0.1, 0.15) is 24.5 Å². The van der Waals surface area contributed by atoms with Crippen molar-refractivity contribution in [3.63, 3.8) is 0 Å². The molecule has 6 rings (SSSR count). The summed E-state index contributed by atoms with van der Waals surface area (Å²) < 4.78 is 30.8. The Labute approximate surface area is 278 Å². The number of carboxylic acid groups (broad SMARTS) is 1. The molecule has 2 aliphatic rings. The number of hydrogen-bond acceptors (Lipinski definition) is 9. The Morgan fingerprint density at radius 1 is 1.02 bits per heavy atom. The van der Waals surface area contributed by atoms with E-state index in [1.54, 1.807) is 12.4 Å². The number of nitrogens with one attached hydrogen (secondary N) is 1. The van der Waals surface area contributed by atoms with Gasteiger partial charge >= 0.3 is 5.97 Å². The standard InChI is InChI=1S/C30H27Cl2N7O7S/c31-20-9-21(32)11-22(10-20)38-28(42)25(8-17-3-5-18(6-4-17)19-12-33-16-34-13-19)39-26(14-35-30(38)39)47(45,46)37-7-1-2-24(37)27(41)36-23(15-40)29(43)44/h3-6,9-14,16,23-25,40H,1-2,7-8,15H2,(H,36,41)(H,43,44)/t23-,24+,25?/m1/s1. The minimum atomic E-state index is -4.47. The van der Waals surface area contributed by atoms with Gasteiger partial charge in [-0.2, -0.15) is 4.31 Å². The van der Waals surface area contributed by atoms with Gasteiger partial charge in [-0.25, -0.2) is 33.1 Å². The van der Waals surface area contributed by atoms with E-state index < -0.39 is 52.5 Å². The molecule has 17 heteroatoms. The van der Waals surface area contributed by atoms with Crippen molar-refractivity contribution in [1.29, 1.82) is 0 Å². The second kappa shape index (κ2) is 13.0. The molecule has 2 aromatic heterocycles. The van der Waals surface area contributed by atoms with E-state index in [1.165, 1.54) is 34.0 Å². The van der Waals surface area contributed by atoms with Crippen LogP contribution in [0.1, 0.15) is 24.4 Å². The number of hydrogen-bond donors (Lipinski definition) is 3. The number of carbonyl (C=O) groups is 3. The van der Waals surface area contributed by atoms with Crippen molar-refractivity contribution in [1.82, 2.24) is 29.1 Å². The lowest BCUT2D eigenvalue weighted by Crippen LogP contribution is -2.52. The SMILES string of the molecule is O=C(O)[C@@H](CO)NC(=O)[C@@H]1CCCN1S(=O)(=O)c1cnc2n1C(Cc1ccc(-c3cncnc3)cc1)C(=O)N2c1cc(Cl)cc(Cl)c1. The van der Waals surface area contributed by atoms with Crippen LogP contribution < -0.4 is 10.2 Å². The highest BCUT2D eigenvalue weighted by Gasteiger charge is 2.47. The number of halogens is 2. The maximum Gasteiger partial charge on any atom is 0.328 e. The predicted octanol–water partition coefficient (Wildman–Crippen LogP) is 2.82. The Balaban J connectivity index is 1.38. The molecule has 3 atom stereocenters. The topological polar surface area (TPSA) is 188 Å². The van der Waals surface area contributed by atoms with Crippen LogP contribution >= 0.6 is 23.2 Å². The van der Waals surface area contributed by atoms with E-state index in [9.17, 15) is 33.0 Å². The maximum absolute atomic E-state index is 14.3. The van der Waals surface area contributed by atoms with Gasteiger partial charge in [0.2, 0.25) is 11.9 Å². The van der Waals surface area contributed by atoms with Crippen LogP contribution in [-0.4, -0.2) is 85.5 Å². The minimum absolute atomic E-state index is 0.0152. The first-order valence-corrected chi connectivity index (χ1v) is 16.6. The Morgan fingerprint density at radius 3 is 2.34 bits per heavy atom. The quantitative estimate of drug-likeness (QED) is 0.222. The van der Waals surface area contributed by atoms with Crippen LogP contribution in [-0.2, 0) is 30.8 Å². The molecule has 0 spiro atoms. The average molecular weight is 701 g/mol. The molecule has 2 aromatic carbocycles. The second-order valence-corrected chi connectivity index (χ2v) is 13.7. The normalized spacial score (nSPS) is 18.7. The van der Waals surface area contributed by atoms with Crippen LogP contribution in [0.3, 0.4) is 0 Å². The van der Waals surface area contributed by atoms with Crippen LogP contribution in [0.4, 0.5) is 11.6 Å². The van der Waals surface area contributed by atoms with Crippen LogP contribution in [0.2, 0.25) is 10.0 Å². The van der Waals surface area contributed by atoms with Gasteiger partial charge in [0.15, 0.2) is 5.03 Å². The van der Waals surface area contributed by atoms with Gasteiger partial charge in [0, 0.05) is 41.0 Å². The molecule has 2 amide bonds. The van der Waals surface area contributed by atoms with Crippen molar-refractivity contribution in [2.24, 2.45) is 0 Å². The van der Waals surface area contributed by atoms with Crippen molar-refractivity contribution in [3.8, 4) is 11.1 Å². The van der Waals surface area contributed by atoms with E-state index in [0.717, 1.165) is 27.2 Å². The zero-order valence-corrected chi connectivity index (χ0v) is 26.7. The zero-order valence-electron chi connectivity index (χ0n) is 24.4. The summed E-state index contributed by atoms with van der Waals surface area (Å²) >= 11 is 12.5. The zero-order chi connectivity index (χ0) is 33.5. The number of amides is 2. The Bertz CT molecular complexity index is 1940. The molecule has 0 bridgehead atoms. The smallest absolute Gasteiger partial charge is 0.328 e. The van der Waals surface area contributed by atoms with E-state index in [4.69, 9.17) is 23.2 Å². The number of fused-ring (bicyclic) bond motifs is 1.